The zero-order valence-corrected chi connectivity index (χ0v) is 14.4. The molecule has 0 aromatic heterocycles. The summed E-state index contributed by atoms with van der Waals surface area (Å²) < 4.78 is 5.44. The molecule has 2 atom stereocenters. The molecule has 0 spiro atoms. The highest BCUT2D eigenvalue weighted by Crippen LogP contribution is 2.45. The number of hydrogen-bond donors (Lipinski definition) is 1. The molecule has 0 bridgehead atoms. The molecule has 0 radical (unpaired) electrons. The average molecular weight is 323 g/mol. The summed E-state index contributed by atoms with van der Waals surface area (Å²) in [6.07, 6.45) is 3.18. The highest BCUT2D eigenvalue weighted by Gasteiger charge is 2.30. The molecule has 2 aromatic carbocycles. The van der Waals surface area contributed by atoms with Crippen molar-refractivity contribution in [2.75, 3.05) is 13.7 Å². The molecular weight excluding hydrogens is 298 g/mol. The highest BCUT2D eigenvalue weighted by atomic mass is 16.5. The van der Waals surface area contributed by atoms with Gasteiger partial charge in [0.15, 0.2) is 0 Å². The second-order valence-corrected chi connectivity index (χ2v) is 6.50. The van der Waals surface area contributed by atoms with Crippen molar-refractivity contribution in [2.45, 2.75) is 38.0 Å². The van der Waals surface area contributed by atoms with Crippen LogP contribution in [0, 0.1) is 0 Å². The quantitative estimate of drug-likeness (QED) is 0.902. The molecule has 1 aliphatic rings. The summed E-state index contributed by atoms with van der Waals surface area (Å²) in [6, 6.07) is 17.2. The molecule has 0 saturated heterocycles. The summed E-state index contributed by atoms with van der Waals surface area (Å²) in [5.74, 6) is 1.83. The van der Waals surface area contributed by atoms with Crippen LogP contribution in [0.1, 0.15) is 48.3 Å². The number of nitrogens with one attached hydrogen (secondary N) is 1. The van der Waals surface area contributed by atoms with E-state index in [1.54, 1.807) is 14.0 Å². The zero-order chi connectivity index (χ0) is 16.9. The Morgan fingerprint density at radius 2 is 2.00 bits per heavy atom. The van der Waals surface area contributed by atoms with Crippen LogP contribution in [0.4, 0.5) is 0 Å². The molecule has 1 amide bonds. The monoisotopic (exact) mass is 323 g/mol. The number of ether oxygens (including phenoxy) is 1. The maximum absolute atomic E-state index is 11.3. The number of rotatable bonds is 5. The van der Waals surface area contributed by atoms with Crippen molar-refractivity contribution in [1.29, 1.82) is 0 Å². The number of carbonyl (C=O) groups is 1. The van der Waals surface area contributed by atoms with Gasteiger partial charge in [-0.2, -0.15) is 0 Å². The van der Waals surface area contributed by atoms with Gasteiger partial charge in [-0.3, -0.25) is 4.79 Å². The van der Waals surface area contributed by atoms with Crippen LogP contribution in [-0.4, -0.2) is 19.6 Å². The van der Waals surface area contributed by atoms with Crippen LogP contribution in [0.3, 0.4) is 0 Å². The van der Waals surface area contributed by atoms with Crippen LogP contribution in [0.15, 0.2) is 48.5 Å². The normalized spacial score (nSPS) is 19.4. The lowest BCUT2D eigenvalue weighted by Crippen LogP contribution is -2.26. The lowest BCUT2D eigenvalue weighted by Gasteiger charge is -2.34. The molecule has 0 unspecified atom stereocenters. The Bertz CT molecular complexity index is 696. The van der Waals surface area contributed by atoms with Gasteiger partial charge in [-0.1, -0.05) is 36.4 Å². The first-order valence-electron chi connectivity index (χ1n) is 8.65. The molecule has 0 saturated carbocycles. The van der Waals surface area contributed by atoms with Gasteiger partial charge in [0.05, 0.1) is 7.11 Å². The third kappa shape index (κ3) is 3.61. The van der Waals surface area contributed by atoms with Crippen molar-refractivity contribution in [2.24, 2.45) is 0 Å². The first-order chi connectivity index (χ1) is 11.7. The minimum Gasteiger partial charge on any atom is -0.497 e. The summed E-state index contributed by atoms with van der Waals surface area (Å²) in [5, 5.41) is 2.95. The Morgan fingerprint density at radius 1 is 1.21 bits per heavy atom. The van der Waals surface area contributed by atoms with Crippen LogP contribution < -0.4 is 10.1 Å². The molecule has 0 heterocycles. The Balaban J connectivity index is 1.92. The van der Waals surface area contributed by atoms with E-state index in [0.29, 0.717) is 18.4 Å². The van der Waals surface area contributed by atoms with Gasteiger partial charge in [-0.15, -0.1) is 0 Å². The van der Waals surface area contributed by atoms with Gasteiger partial charge in [-0.25, -0.2) is 0 Å². The first kappa shape index (κ1) is 16.6. The smallest absolute Gasteiger partial charge is 0.216 e. The van der Waals surface area contributed by atoms with E-state index in [1.165, 1.54) is 16.7 Å². The Morgan fingerprint density at radius 3 is 2.71 bits per heavy atom. The minimum atomic E-state index is 0.0351. The van der Waals surface area contributed by atoms with Crippen molar-refractivity contribution < 1.29 is 9.53 Å². The summed E-state index contributed by atoms with van der Waals surface area (Å²) >= 11 is 0. The number of benzene rings is 2. The van der Waals surface area contributed by atoms with Gasteiger partial charge >= 0.3 is 0 Å². The van der Waals surface area contributed by atoms with Crippen molar-refractivity contribution in [1.82, 2.24) is 5.32 Å². The van der Waals surface area contributed by atoms with Crippen molar-refractivity contribution >= 4 is 5.91 Å². The SMILES string of the molecule is COc1ccc2c(c1)[C@H](CCNC(C)=O)[C@H](c1ccccc1)CC2. The van der Waals surface area contributed by atoms with Crippen LogP contribution in [0.5, 0.6) is 5.75 Å². The second-order valence-electron chi connectivity index (χ2n) is 6.50. The van der Waals surface area contributed by atoms with E-state index in [1.807, 2.05) is 6.07 Å². The van der Waals surface area contributed by atoms with E-state index >= 15 is 0 Å². The molecule has 0 fully saturated rings. The molecule has 3 nitrogen and oxygen atoms in total. The van der Waals surface area contributed by atoms with E-state index < -0.39 is 0 Å². The molecule has 2 aromatic rings. The third-order valence-electron chi connectivity index (χ3n) is 5.02. The van der Waals surface area contributed by atoms with Gasteiger partial charge in [0.1, 0.15) is 5.75 Å². The van der Waals surface area contributed by atoms with Crippen LogP contribution >= 0.6 is 0 Å². The molecular formula is C21H25NO2. The zero-order valence-electron chi connectivity index (χ0n) is 14.4. The largest absolute Gasteiger partial charge is 0.497 e. The van der Waals surface area contributed by atoms with E-state index in [4.69, 9.17) is 4.74 Å². The standard InChI is InChI=1S/C21H25NO2/c1-15(23)22-13-12-20-19(16-6-4-3-5-7-16)11-9-17-8-10-18(24-2)14-21(17)20/h3-8,10,14,19-20H,9,11-13H2,1-2H3,(H,22,23)/t19-,20+/m0/s1. The van der Waals surface area contributed by atoms with Crippen LogP contribution in [0.2, 0.25) is 0 Å². The van der Waals surface area contributed by atoms with Crippen LogP contribution in [0.25, 0.3) is 0 Å². The fourth-order valence-corrected chi connectivity index (χ4v) is 3.86. The molecule has 3 rings (SSSR count). The number of amides is 1. The summed E-state index contributed by atoms with van der Waals surface area (Å²) in [6.45, 7) is 2.28. The molecule has 0 aliphatic heterocycles. The number of methoxy groups -OCH3 is 1. The van der Waals surface area contributed by atoms with Crippen molar-refractivity contribution in [3.8, 4) is 5.75 Å². The molecule has 1 N–H and O–H groups in total. The number of hydrogen-bond acceptors (Lipinski definition) is 2. The Hall–Kier alpha value is -2.29. The second kappa shape index (κ2) is 7.52. The summed E-state index contributed by atoms with van der Waals surface area (Å²) in [4.78, 5) is 11.3. The predicted molar refractivity (Wildman–Crippen MR) is 96.5 cm³/mol. The maximum Gasteiger partial charge on any atom is 0.216 e. The van der Waals surface area contributed by atoms with Crippen LogP contribution in [-0.2, 0) is 11.2 Å². The molecule has 126 valence electrons. The lowest BCUT2D eigenvalue weighted by atomic mass is 9.70. The third-order valence-corrected chi connectivity index (χ3v) is 5.02. The average Bonchev–Trinajstić information content (AvgIpc) is 2.61. The Kier molecular flexibility index (Phi) is 5.19. The van der Waals surface area contributed by atoms with Crippen molar-refractivity contribution in [3.05, 3.63) is 65.2 Å². The summed E-state index contributed by atoms with van der Waals surface area (Å²) in [5.41, 5.74) is 4.18. The topological polar surface area (TPSA) is 38.3 Å². The molecule has 3 heteroatoms. The number of fused-ring (bicyclic) bond motifs is 1. The number of aryl methyl sites for hydroxylation is 1. The van der Waals surface area contributed by atoms with Gasteiger partial charge in [-0.05, 0) is 59.9 Å². The van der Waals surface area contributed by atoms with Gasteiger partial charge in [0.2, 0.25) is 5.91 Å². The molecule has 1 aliphatic carbocycles. The summed E-state index contributed by atoms with van der Waals surface area (Å²) in [7, 11) is 1.71. The number of carbonyl (C=O) groups excluding carboxylic acids is 1. The molecule has 24 heavy (non-hydrogen) atoms. The van der Waals surface area contributed by atoms with Gasteiger partial charge in [0, 0.05) is 13.5 Å². The predicted octanol–water partition coefficient (Wildman–Crippen LogP) is 4.04. The van der Waals surface area contributed by atoms with E-state index in [-0.39, 0.29) is 5.91 Å². The fraction of sp³-hybridized carbons (Fsp3) is 0.381. The van der Waals surface area contributed by atoms with E-state index in [9.17, 15) is 4.79 Å². The van der Waals surface area contributed by atoms with Gasteiger partial charge in [0.25, 0.3) is 0 Å². The lowest BCUT2D eigenvalue weighted by molar-refractivity contribution is -0.118. The fourth-order valence-electron chi connectivity index (χ4n) is 3.86. The first-order valence-corrected chi connectivity index (χ1v) is 8.65. The maximum atomic E-state index is 11.3. The van der Waals surface area contributed by atoms with E-state index in [2.05, 4.69) is 47.8 Å². The Labute approximate surface area is 144 Å². The minimum absolute atomic E-state index is 0.0351. The van der Waals surface area contributed by atoms with Gasteiger partial charge < -0.3 is 10.1 Å². The highest BCUT2D eigenvalue weighted by molar-refractivity contribution is 5.72. The van der Waals surface area contributed by atoms with Crippen molar-refractivity contribution in [3.63, 3.8) is 0 Å². The van der Waals surface area contributed by atoms with E-state index in [0.717, 1.165) is 25.0 Å².